The number of aliphatic hydroxyl groups is 2. The second kappa shape index (κ2) is 22.1. The molecule has 0 spiro atoms. The van der Waals surface area contributed by atoms with Gasteiger partial charge >= 0.3 is 0 Å². The number of rotatable bonds is 20. The fourth-order valence-electron chi connectivity index (χ4n) is 10.8. The smallest absolute Gasteiger partial charge is 0.254 e. The van der Waals surface area contributed by atoms with Crippen LogP contribution >= 0.6 is 0 Å². The van der Waals surface area contributed by atoms with Crippen molar-refractivity contribution in [2.45, 2.75) is 75.8 Å². The lowest BCUT2D eigenvalue weighted by atomic mass is 9.55. The highest BCUT2D eigenvalue weighted by molar-refractivity contribution is 6.03. The molecule has 70 heavy (non-hydrogen) atoms. The highest BCUT2D eigenvalue weighted by Crippen LogP contribution is 2.62. The first kappa shape index (κ1) is 47.9. The number of unbranched alkanes of at least 4 members (excludes halogenated alkanes) is 2. The third-order valence-electron chi connectivity index (χ3n) is 14.0. The van der Waals surface area contributed by atoms with E-state index in [1.165, 1.54) is 12.1 Å². The molecule has 0 radical (unpaired) electrons. The van der Waals surface area contributed by atoms with Crippen molar-refractivity contribution in [1.82, 2.24) is 4.90 Å². The number of amides is 1. The Kier molecular flexibility index (Phi) is 15.1. The molecule has 9 rings (SSSR count). The quantitative estimate of drug-likeness (QED) is 0.0439. The van der Waals surface area contributed by atoms with Crippen molar-refractivity contribution in [3.8, 4) is 23.3 Å². The average Bonchev–Trinajstić information content (AvgIpc) is 3.39. The Morgan fingerprint density at radius 2 is 1.56 bits per heavy atom. The Balaban J connectivity index is 1.26. The topological polar surface area (TPSA) is 134 Å². The van der Waals surface area contributed by atoms with E-state index in [0.29, 0.717) is 52.5 Å². The Bertz CT molecular complexity index is 2880. The molecule has 0 aromatic heterocycles. The summed E-state index contributed by atoms with van der Waals surface area (Å²) in [7, 11) is 0. The number of hydrogen-bond acceptors (Lipinski definition) is 9. The van der Waals surface area contributed by atoms with Gasteiger partial charge < -0.3 is 34.2 Å². The third kappa shape index (κ3) is 10.3. The number of carbonyl (C=O) groups excluding carboxylic acids is 1. The van der Waals surface area contributed by atoms with E-state index in [1.807, 2.05) is 72.8 Å². The SMILES string of the molecule is C=CCO[C@@]12Oc3ccc(Oc4ccc5ccccc5c4)cc3[C@H]3[C@H](CCCCO)[C@@H](CCCCO)C=C(C(=NOCc4ccccc4)C[C@@H]1N(Cc1ccc(F)cc1)C(=O)c1ccc(C#N)cc1)[C@H]32. The molecule has 0 saturated heterocycles. The number of allylic oxidation sites excluding steroid dienone is 1. The first-order valence-electron chi connectivity index (χ1n) is 24.3. The number of oxime groups is 1. The highest BCUT2D eigenvalue weighted by Gasteiger charge is 2.65. The molecule has 1 heterocycles. The van der Waals surface area contributed by atoms with Gasteiger partial charge in [-0.25, -0.2) is 4.39 Å². The van der Waals surface area contributed by atoms with E-state index in [4.69, 9.17) is 24.2 Å². The van der Waals surface area contributed by atoms with Gasteiger partial charge in [0.05, 0.1) is 29.9 Å². The van der Waals surface area contributed by atoms with Gasteiger partial charge in [0.25, 0.3) is 5.91 Å². The maximum atomic E-state index is 15.4. The number of nitrogens with zero attached hydrogens (tertiary/aromatic N) is 3. The van der Waals surface area contributed by atoms with Crippen LogP contribution in [0.25, 0.3) is 10.8 Å². The minimum Gasteiger partial charge on any atom is -0.459 e. The van der Waals surface area contributed by atoms with Crippen molar-refractivity contribution in [2.24, 2.45) is 22.9 Å². The fourth-order valence-corrected chi connectivity index (χ4v) is 10.8. The van der Waals surface area contributed by atoms with Gasteiger partial charge in [0, 0.05) is 43.2 Å². The van der Waals surface area contributed by atoms with E-state index < -0.39 is 23.6 Å². The van der Waals surface area contributed by atoms with Crippen LogP contribution in [0.15, 0.2) is 169 Å². The van der Waals surface area contributed by atoms with E-state index in [-0.39, 0.29) is 63.1 Å². The maximum Gasteiger partial charge on any atom is 0.254 e. The summed E-state index contributed by atoms with van der Waals surface area (Å²) >= 11 is 0. The van der Waals surface area contributed by atoms with Crippen LogP contribution < -0.4 is 9.47 Å². The third-order valence-corrected chi connectivity index (χ3v) is 14.0. The summed E-state index contributed by atoms with van der Waals surface area (Å²) in [6, 6.07) is 43.8. The molecule has 3 aliphatic rings. The molecule has 11 heteroatoms. The lowest BCUT2D eigenvalue weighted by Crippen LogP contribution is -2.70. The van der Waals surface area contributed by atoms with Gasteiger partial charge in [-0.2, -0.15) is 5.26 Å². The van der Waals surface area contributed by atoms with E-state index in [9.17, 15) is 19.9 Å². The first-order chi connectivity index (χ1) is 34.3. The van der Waals surface area contributed by atoms with E-state index >= 15 is 4.79 Å². The van der Waals surface area contributed by atoms with Crippen molar-refractivity contribution in [3.05, 3.63) is 197 Å². The van der Waals surface area contributed by atoms with Crippen LogP contribution in [-0.4, -0.2) is 58.4 Å². The maximum absolute atomic E-state index is 15.4. The summed E-state index contributed by atoms with van der Waals surface area (Å²) in [5, 5.41) is 37.0. The summed E-state index contributed by atoms with van der Waals surface area (Å²) in [4.78, 5) is 23.5. The number of aliphatic hydroxyl groups excluding tert-OH is 2. The molecule has 358 valence electrons. The predicted octanol–water partition coefficient (Wildman–Crippen LogP) is 11.8. The number of ether oxygens (including phenoxy) is 3. The molecule has 6 aromatic carbocycles. The van der Waals surface area contributed by atoms with Crippen LogP contribution in [0.2, 0.25) is 0 Å². The molecule has 2 N–H and O–H groups in total. The summed E-state index contributed by atoms with van der Waals surface area (Å²) in [5.74, 6) is -1.29. The van der Waals surface area contributed by atoms with Gasteiger partial charge in [-0.15, -0.1) is 6.58 Å². The van der Waals surface area contributed by atoms with E-state index in [1.54, 1.807) is 47.4 Å². The molecule has 0 unspecified atom stereocenters. The molecular formula is C59H58FN3O7. The zero-order valence-electron chi connectivity index (χ0n) is 39.2. The molecule has 1 saturated carbocycles. The number of carbonyl (C=O) groups is 1. The monoisotopic (exact) mass is 939 g/mol. The second-order valence-electron chi connectivity index (χ2n) is 18.4. The second-order valence-corrected chi connectivity index (χ2v) is 18.4. The van der Waals surface area contributed by atoms with Crippen molar-refractivity contribution in [1.29, 1.82) is 5.26 Å². The molecular weight excluding hydrogens is 882 g/mol. The fraction of sp³-hybridized carbons (Fsp3) is 0.305. The predicted molar refractivity (Wildman–Crippen MR) is 268 cm³/mol. The number of nitriles is 1. The number of hydrogen-bond donors (Lipinski definition) is 2. The summed E-state index contributed by atoms with van der Waals surface area (Å²) in [5.41, 5.74) is 4.82. The Morgan fingerprint density at radius 3 is 2.30 bits per heavy atom. The summed E-state index contributed by atoms with van der Waals surface area (Å²) in [6.07, 6.45) is 8.50. The minimum absolute atomic E-state index is 0.0149. The normalized spacial score (nSPS) is 21.7. The zero-order chi connectivity index (χ0) is 48.5. The van der Waals surface area contributed by atoms with E-state index in [2.05, 4.69) is 36.9 Å². The molecule has 10 nitrogen and oxygen atoms in total. The summed E-state index contributed by atoms with van der Waals surface area (Å²) < 4.78 is 35.9. The number of halogens is 1. The lowest BCUT2D eigenvalue weighted by molar-refractivity contribution is -0.255. The van der Waals surface area contributed by atoms with Crippen molar-refractivity contribution >= 4 is 22.4 Å². The average molecular weight is 940 g/mol. The van der Waals surface area contributed by atoms with Crippen LogP contribution in [0.5, 0.6) is 17.2 Å². The standard InChI is InChI=1S/C59H58FN3O7/c1-2-32-67-59-55(63(38-41-20-25-47(60)26-21-41)58(66)44-22-18-40(37-61)19-23-44)36-53(62-68-39-42-12-4-3-5-13-42)51-34-46(16-8-10-30-64)50(17-9-11-31-65)56(57(51)59)52-35-49(28-29-54(52)70-59)69-48-27-24-43-14-6-7-15-45(43)33-48/h2-7,12-15,18-29,33-35,46,50,55-57,64-65H,1,8-11,16-17,30-32,36,38-39H2/t46-,50+,55-,56+,57+,59+/m0/s1. The van der Waals surface area contributed by atoms with Gasteiger partial charge in [0.1, 0.15) is 35.7 Å². The van der Waals surface area contributed by atoms with Gasteiger partial charge in [0.15, 0.2) is 0 Å². The largest absolute Gasteiger partial charge is 0.459 e. The van der Waals surface area contributed by atoms with Crippen LogP contribution in [0.1, 0.15) is 83.5 Å². The number of fused-ring (bicyclic) bond motifs is 3. The van der Waals surface area contributed by atoms with Gasteiger partial charge in [-0.3, -0.25) is 4.79 Å². The lowest BCUT2D eigenvalue weighted by Gasteiger charge is -2.60. The minimum atomic E-state index is -1.55. The molecule has 1 aliphatic heterocycles. The van der Waals surface area contributed by atoms with Crippen LogP contribution in [-0.2, 0) is 22.7 Å². The molecule has 2 aliphatic carbocycles. The van der Waals surface area contributed by atoms with E-state index in [0.717, 1.165) is 53.2 Å². The molecule has 1 fully saturated rings. The molecule has 0 bridgehead atoms. The molecule has 6 aromatic rings. The van der Waals surface area contributed by atoms with Crippen LogP contribution in [0.3, 0.4) is 0 Å². The first-order valence-corrected chi connectivity index (χ1v) is 24.3. The van der Waals surface area contributed by atoms with Crippen LogP contribution in [0.4, 0.5) is 4.39 Å². The van der Waals surface area contributed by atoms with Gasteiger partial charge in [0.2, 0.25) is 5.79 Å². The highest BCUT2D eigenvalue weighted by atomic mass is 19.1. The zero-order valence-corrected chi connectivity index (χ0v) is 39.2. The Hall–Kier alpha value is -7.10. The van der Waals surface area contributed by atoms with Crippen LogP contribution in [0, 0.1) is 34.9 Å². The Morgan fingerprint density at radius 1 is 0.843 bits per heavy atom. The van der Waals surface area contributed by atoms with Gasteiger partial charge in [-0.05, 0) is 132 Å². The van der Waals surface area contributed by atoms with Crippen molar-refractivity contribution in [3.63, 3.8) is 0 Å². The Labute approximate surface area is 408 Å². The summed E-state index contributed by atoms with van der Waals surface area (Å²) in [6.45, 7) is 4.54. The van der Waals surface area contributed by atoms with Gasteiger partial charge in [-0.1, -0.05) is 103 Å². The molecule has 6 atom stereocenters. The number of benzene rings is 6. The molecule has 1 amide bonds. The van der Waals surface area contributed by atoms with Crippen molar-refractivity contribution < 1.29 is 38.4 Å². The van der Waals surface area contributed by atoms with Crippen molar-refractivity contribution in [2.75, 3.05) is 19.8 Å².